The molecule has 0 radical (unpaired) electrons. The van der Waals surface area contributed by atoms with Crippen LogP contribution in [-0.2, 0) is 80.1 Å². The standard InChI is InChI=1S/C95H120N26O24S2/c1-6-71-89(137)117(4)72-47-103-94(113-81(72)121(71)59-15-7-8-16-59)111-63-29-21-54(41-73(63)143-5)70-49-120(116-115-70)58-26-24-57(25-27-58)118(37-39-144-38-10-9-13-52-14-11-17-61-62(52)48-119(88(61)136)60-28-32-74(122)101-46-60)95(142)145-50(2)51(3)147-146-40-35-67(91(140)141)108-85(133)68(42-77(126)127)110-86(134)69(43-78(128)129)109-83(131)64(18-12-36-99-92(96)97)106-84(132)65(31-34-76(124)125)105-75(123)33-30-66(90(138)139)107-82(130)53-19-22-55(23-20-53)100-44-56-45-102-80-79(104-56)87(135)114-93(98)112-80/h11,14,17,19-23,29,41,45,47,49-51,57-60,64-69,71,100H,6-8,10,12,15-16,18,24-28,30-40,42-44,46,48H2,1-5H3,(H,101,122)(H,105,123)(H,106,132)(H,107,130)(H,108,133)(H,109,131)(H,110,134)(H,124,125)(H,126,127)(H,128,129)(H,138,139)(H,140,141)(H4,96,97,99)(H,103,111,113)(H3,98,102,112,114,135)/t50?,51?,57-,58+,60?,64-,65-,66+,67-,68-,69-,71-/m1/s1. The molecular formula is C95H120N26O24S2. The number of ether oxygens (including phenoxy) is 3. The smallest absolute Gasteiger partial charge is 0.410 e. The molecule has 7 heterocycles. The number of benzene rings is 3. The summed E-state index contributed by atoms with van der Waals surface area (Å²) in [4.78, 5) is 243. The largest absolute Gasteiger partial charge is 0.495 e. The quantitative estimate of drug-likeness (QED) is 0.00851. The van der Waals surface area contributed by atoms with Crippen molar-refractivity contribution >= 4 is 163 Å². The maximum Gasteiger partial charge on any atom is 0.410 e. The van der Waals surface area contributed by atoms with Crippen molar-refractivity contribution in [1.29, 1.82) is 5.41 Å². The molecule has 10 amide bonds. The number of fused-ring (bicyclic) bond motifs is 3. The highest BCUT2D eigenvalue weighted by atomic mass is 33.1. The van der Waals surface area contributed by atoms with Crippen LogP contribution in [-0.4, -0.2) is 300 Å². The monoisotopic (exact) mass is 2070 g/mol. The molecule has 7 aromatic rings. The number of aromatic nitrogens is 9. The number of aromatic amines is 1. The Balaban J connectivity index is 0.638. The summed E-state index contributed by atoms with van der Waals surface area (Å²) in [5.74, 6) is -8.31. The number of guanidine groups is 1. The number of amides is 10. The Labute approximate surface area is 850 Å². The highest BCUT2D eigenvalue weighted by molar-refractivity contribution is 8.76. The van der Waals surface area contributed by atoms with Gasteiger partial charge in [-0.15, -0.1) is 5.10 Å². The molecular weight excluding hydrogens is 1950 g/mol. The molecule has 2 saturated carbocycles. The molecule has 3 unspecified atom stereocenters. The lowest BCUT2D eigenvalue weighted by atomic mass is 9.90. The van der Waals surface area contributed by atoms with E-state index in [-0.39, 0.29) is 122 Å². The molecule has 12 rings (SSSR count). The molecule has 0 bridgehead atoms. The molecule has 4 aromatic heterocycles. The van der Waals surface area contributed by atoms with Gasteiger partial charge in [-0.2, -0.15) is 9.97 Å². The van der Waals surface area contributed by atoms with Gasteiger partial charge in [0.1, 0.15) is 65.5 Å². The number of piperidine rings is 1. The van der Waals surface area contributed by atoms with Gasteiger partial charge in [-0.05, 0) is 151 Å². The van der Waals surface area contributed by atoms with E-state index in [1.54, 1.807) is 61.0 Å². The third-order valence-electron chi connectivity index (χ3n) is 25.7. The molecule has 786 valence electrons. The van der Waals surface area contributed by atoms with E-state index in [4.69, 9.17) is 36.1 Å². The number of carboxylic acids is 5. The minimum atomic E-state index is -2.19. The average Bonchev–Trinajstić information content (AvgIpc) is 1.51. The predicted molar refractivity (Wildman–Crippen MR) is 534 cm³/mol. The second kappa shape index (κ2) is 52.3. The molecule has 3 fully saturated rings. The lowest BCUT2D eigenvalue weighted by Crippen LogP contribution is -2.59. The summed E-state index contributed by atoms with van der Waals surface area (Å²) in [5.41, 5.74) is 15.8. The minimum absolute atomic E-state index is 0.000646. The van der Waals surface area contributed by atoms with Gasteiger partial charge in [-0.3, -0.25) is 72.7 Å². The van der Waals surface area contributed by atoms with Gasteiger partial charge in [0.25, 0.3) is 17.4 Å². The molecule has 10 atom stereocenters. The summed E-state index contributed by atoms with van der Waals surface area (Å²) < 4.78 is 20.1. The average molecular weight is 2070 g/mol. The number of aliphatic carboxylic acids is 5. The van der Waals surface area contributed by atoms with E-state index in [9.17, 15) is 102 Å². The Morgan fingerprint density at radius 3 is 2.05 bits per heavy atom. The lowest BCUT2D eigenvalue weighted by Gasteiger charge is -2.43. The zero-order valence-corrected chi connectivity index (χ0v) is 83.0. The van der Waals surface area contributed by atoms with Gasteiger partial charge in [0, 0.05) is 110 Å². The number of nitrogens with zero attached hydrogens (tertiary/aromatic N) is 12. The number of likely N-dealkylation sites (N-methyl/N-ethyl adjacent to an activating group) is 1. The van der Waals surface area contributed by atoms with Crippen molar-refractivity contribution in [3.8, 4) is 28.8 Å². The normalized spacial score (nSPS) is 17.6. The van der Waals surface area contributed by atoms with Crippen molar-refractivity contribution in [3.05, 3.63) is 118 Å². The maximum absolute atomic E-state index is 14.7. The molecule has 2 aliphatic carbocycles. The number of anilines is 6. The number of hydrogen-bond acceptors (Lipinski definition) is 33. The number of carboxylic acid groups (broad SMARTS) is 5. The summed E-state index contributed by atoms with van der Waals surface area (Å²) >= 11 is 0. The van der Waals surface area contributed by atoms with E-state index in [1.165, 1.54) is 41.3 Å². The van der Waals surface area contributed by atoms with E-state index >= 15 is 0 Å². The highest BCUT2D eigenvalue weighted by Gasteiger charge is 2.44. The fourth-order valence-corrected chi connectivity index (χ4v) is 20.2. The van der Waals surface area contributed by atoms with Crippen molar-refractivity contribution in [2.75, 3.05) is 78.9 Å². The number of nitrogens with one attached hydrogen (secondary N) is 12. The van der Waals surface area contributed by atoms with Gasteiger partial charge in [0.05, 0.1) is 81.8 Å². The number of H-pyrrole nitrogens is 1. The summed E-state index contributed by atoms with van der Waals surface area (Å²) in [6.45, 7) is 6.56. The summed E-state index contributed by atoms with van der Waals surface area (Å²) in [6, 6.07) is 4.54. The molecule has 5 aliphatic rings. The number of nitrogens with two attached hydrogens (primary N) is 2. The van der Waals surface area contributed by atoms with Crippen LogP contribution in [0.15, 0.2) is 84.0 Å². The minimum Gasteiger partial charge on any atom is -0.495 e. The number of rotatable bonds is 51. The first-order chi connectivity index (χ1) is 70.4. The first-order valence-corrected chi connectivity index (χ1v) is 50.5. The first kappa shape index (κ1) is 110. The zero-order valence-electron chi connectivity index (χ0n) is 81.3. The SMILES string of the molecule is CC[C@@H]1C(=O)N(C)c2cnc(Nc3ccc(-c4cn([C@H]5CC[C@@H](N(CCOCCC#Cc6cccc7c6CN(C6CCC(=O)NC6)C7=O)C(=O)OC(C)C(C)SSCC[C@@H](NC(=O)[C@@H](CC(=O)O)NC(=O)[C@@H](CC(=O)O)NC(=O)[C@@H](CCCNC(=N)N)NC(=O)[C@@H](CCC(=O)O)NC(=O)CC[C@H](NC(=O)c6ccc(NCc7cnc8nc(N)[nH]c(=O)c8n7)cc6)C(=O)O)C(=O)O)CC5)nn4)cc3OC)nc2N1C1CCCC1. The van der Waals surface area contributed by atoms with Gasteiger partial charge < -0.3 is 124 Å². The summed E-state index contributed by atoms with van der Waals surface area (Å²) in [5, 5.41) is 91.6. The number of carbonyl (C=O) groups excluding carboxylic acids is 10. The number of nitrogen functional groups attached to an aromatic ring is 1. The Kier molecular flexibility index (Phi) is 39.2. The first-order valence-electron chi connectivity index (χ1n) is 48.1. The van der Waals surface area contributed by atoms with E-state index in [1.807, 2.05) is 42.1 Å². The van der Waals surface area contributed by atoms with Crippen molar-refractivity contribution in [3.63, 3.8) is 0 Å². The van der Waals surface area contributed by atoms with E-state index in [2.05, 4.69) is 105 Å². The van der Waals surface area contributed by atoms with Crippen LogP contribution < -0.4 is 84.7 Å². The zero-order chi connectivity index (χ0) is 106. The van der Waals surface area contributed by atoms with Gasteiger partial charge in [0.15, 0.2) is 22.9 Å². The van der Waals surface area contributed by atoms with Crippen LogP contribution in [0.3, 0.4) is 0 Å². The second-order valence-corrected chi connectivity index (χ2v) is 38.8. The van der Waals surface area contributed by atoms with Crippen LogP contribution in [0.4, 0.5) is 39.6 Å². The molecule has 0 spiro atoms. The molecule has 50 nitrogen and oxygen atoms in total. The number of methoxy groups -OCH3 is 1. The molecule has 3 aromatic carbocycles. The highest BCUT2D eigenvalue weighted by Crippen LogP contribution is 2.42. The predicted octanol–water partition coefficient (Wildman–Crippen LogP) is 3.63. The van der Waals surface area contributed by atoms with E-state index in [0.717, 1.165) is 47.6 Å². The van der Waals surface area contributed by atoms with Crippen LogP contribution in [0, 0.1) is 17.3 Å². The van der Waals surface area contributed by atoms with Crippen LogP contribution in [0.25, 0.3) is 22.4 Å². The Bertz CT molecular complexity index is 6140. The van der Waals surface area contributed by atoms with Crippen molar-refractivity contribution in [1.82, 2.24) is 97.2 Å². The Hall–Kier alpha value is -15.6. The molecule has 52 heteroatoms. The number of carbonyl (C=O) groups is 15. The van der Waals surface area contributed by atoms with Crippen LogP contribution in [0.1, 0.15) is 199 Å². The van der Waals surface area contributed by atoms with Gasteiger partial charge >= 0.3 is 35.9 Å². The third-order valence-corrected chi connectivity index (χ3v) is 28.8. The van der Waals surface area contributed by atoms with Crippen molar-refractivity contribution < 1.29 is 112 Å². The Morgan fingerprint density at radius 1 is 0.721 bits per heavy atom. The number of hydrogen-bond donors (Lipinski definition) is 19. The molecule has 3 aliphatic heterocycles. The second-order valence-electron chi connectivity index (χ2n) is 35.9. The fraction of sp³-hybridized carbons (Fsp3) is 0.495. The van der Waals surface area contributed by atoms with Crippen LogP contribution in [0.2, 0.25) is 0 Å². The van der Waals surface area contributed by atoms with Crippen molar-refractivity contribution in [2.24, 2.45) is 5.73 Å². The fourth-order valence-electron chi connectivity index (χ4n) is 17.7. The third kappa shape index (κ3) is 30.3. The lowest BCUT2D eigenvalue weighted by molar-refractivity contribution is -0.145. The van der Waals surface area contributed by atoms with Gasteiger partial charge in [-0.25, -0.2) is 34.0 Å². The van der Waals surface area contributed by atoms with E-state index in [0.29, 0.717) is 122 Å². The van der Waals surface area contributed by atoms with E-state index < -0.39 is 175 Å². The van der Waals surface area contributed by atoms with Crippen LogP contribution >= 0.6 is 21.6 Å². The maximum atomic E-state index is 14.7. The van der Waals surface area contributed by atoms with Gasteiger partial charge in [0.2, 0.25) is 53.2 Å². The van der Waals surface area contributed by atoms with Gasteiger partial charge in [-0.1, -0.05) is 70.5 Å². The summed E-state index contributed by atoms with van der Waals surface area (Å²) in [7, 11) is 5.69. The summed E-state index contributed by atoms with van der Waals surface area (Å²) in [6.07, 6.45) is 5.59. The topological polar surface area (TPSA) is 722 Å². The Morgan fingerprint density at radius 2 is 1.39 bits per heavy atom. The molecule has 1 saturated heterocycles. The van der Waals surface area contributed by atoms with Crippen LogP contribution in [0.5, 0.6) is 5.75 Å². The van der Waals surface area contributed by atoms with Crippen molar-refractivity contribution in [2.45, 2.75) is 247 Å². The molecule has 147 heavy (non-hydrogen) atoms. The molecule has 21 N–H and O–H groups in total.